The summed E-state index contributed by atoms with van der Waals surface area (Å²) < 4.78 is 5.01. The summed E-state index contributed by atoms with van der Waals surface area (Å²) in [5.41, 5.74) is 0. The highest BCUT2D eigenvalue weighted by atomic mass is 16.4. The predicted molar refractivity (Wildman–Crippen MR) is 37.3 cm³/mol. The molecule has 1 heterocycles. The number of carboxylic acid groups (broad SMARTS) is 1. The van der Waals surface area contributed by atoms with Gasteiger partial charge in [0.15, 0.2) is 0 Å². The zero-order valence-electron chi connectivity index (χ0n) is 6.37. The standard InChI is InChI=1S/C7H9NO3/c1-4-3-8-6(11-4)5(2)7(9)10/h3,5H,1-2H3,(H,9,10). The van der Waals surface area contributed by atoms with Crippen LogP contribution in [0.3, 0.4) is 0 Å². The Morgan fingerprint density at radius 3 is 2.82 bits per heavy atom. The summed E-state index contributed by atoms with van der Waals surface area (Å²) in [6, 6.07) is 0. The van der Waals surface area contributed by atoms with Crippen molar-refractivity contribution >= 4 is 5.97 Å². The Hall–Kier alpha value is -1.32. The van der Waals surface area contributed by atoms with Crippen LogP contribution < -0.4 is 0 Å². The van der Waals surface area contributed by atoms with Crippen molar-refractivity contribution in [2.75, 3.05) is 0 Å². The van der Waals surface area contributed by atoms with Crippen molar-refractivity contribution in [2.45, 2.75) is 19.8 Å². The number of carboxylic acids is 1. The van der Waals surface area contributed by atoms with Crippen molar-refractivity contribution in [3.8, 4) is 0 Å². The van der Waals surface area contributed by atoms with Crippen molar-refractivity contribution in [3.63, 3.8) is 0 Å². The van der Waals surface area contributed by atoms with E-state index >= 15 is 0 Å². The van der Waals surface area contributed by atoms with E-state index in [-0.39, 0.29) is 5.89 Å². The van der Waals surface area contributed by atoms with Crippen LogP contribution in [0.25, 0.3) is 0 Å². The number of nitrogens with zero attached hydrogens (tertiary/aromatic N) is 1. The first-order valence-corrected chi connectivity index (χ1v) is 3.26. The Kier molecular flexibility index (Phi) is 1.94. The normalized spacial score (nSPS) is 12.9. The molecule has 1 N–H and O–H groups in total. The summed E-state index contributed by atoms with van der Waals surface area (Å²) in [4.78, 5) is 14.2. The molecule has 0 radical (unpaired) electrons. The first-order valence-electron chi connectivity index (χ1n) is 3.26. The number of aryl methyl sites for hydroxylation is 1. The fourth-order valence-electron chi connectivity index (χ4n) is 0.678. The van der Waals surface area contributed by atoms with E-state index in [1.165, 1.54) is 13.1 Å². The predicted octanol–water partition coefficient (Wildman–Crippen LogP) is 1.17. The van der Waals surface area contributed by atoms with Gasteiger partial charge in [-0.3, -0.25) is 4.79 Å². The molecule has 1 aromatic heterocycles. The third-order valence-corrected chi connectivity index (χ3v) is 1.38. The summed E-state index contributed by atoms with van der Waals surface area (Å²) >= 11 is 0. The van der Waals surface area contributed by atoms with Gasteiger partial charge in [-0.05, 0) is 13.8 Å². The maximum atomic E-state index is 10.4. The van der Waals surface area contributed by atoms with E-state index in [2.05, 4.69) is 4.98 Å². The number of aromatic nitrogens is 1. The molecule has 0 aromatic carbocycles. The highest BCUT2D eigenvalue weighted by Crippen LogP contribution is 2.14. The number of carbonyl (C=O) groups is 1. The van der Waals surface area contributed by atoms with Gasteiger partial charge in [0.1, 0.15) is 11.7 Å². The van der Waals surface area contributed by atoms with E-state index in [9.17, 15) is 4.79 Å². The average Bonchev–Trinajstić information content (AvgIpc) is 2.34. The van der Waals surface area contributed by atoms with Crippen LogP contribution in [0.4, 0.5) is 0 Å². The van der Waals surface area contributed by atoms with Gasteiger partial charge >= 0.3 is 5.97 Å². The molecule has 0 spiro atoms. The quantitative estimate of drug-likeness (QED) is 0.696. The van der Waals surface area contributed by atoms with Crippen LogP contribution in [0.2, 0.25) is 0 Å². The van der Waals surface area contributed by atoms with Gasteiger partial charge in [-0.2, -0.15) is 0 Å². The van der Waals surface area contributed by atoms with E-state index in [0.717, 1.165) is 0 Å². The molecule has 0 bridgehead atoms. The molecule has 4 nitrogen and oxygen atoms in total. The molecule has 0 amide bonds. The summed E-state index contributed by atoms with van der Waals surface area (Å²) in [5, 5.41) is 8.54. The van der Waals surface area contributed by atoms with Gasteiger partial charge < -0.3 is 9.52 Å². The fraction of sp³-hybridized carbons (Fsp3) is 0.429. The largest absolute Gasteiger partial charge is 0.481 e. The van der Waals surface area contributed by atoms with Crippen LogP contribution >= 0.6 is 0 Å². The van der Waals surface area contributed by atoms with Crippen molar-refractivity contribution < 1.29 is 14.3 Å². The minimum Gasteiger partial charge on any atom is -0.481 e. The zero-order valence-corrected chi connectivity index (χ0v) is 6.37. The Morgan fingerprint density at radius 1 is 1.82 bits per heavy atom. The fourth-order valence-corrected chi connectivity index (χ4v) is 0.678. The lowest BCUT2D eigenvalue weighted by Gasteiger charge is -1.97. The maximum Gasteiger partial charge on any atom is 0.315 e. The van der Waals surface area contributed by atoms with Crippen LogP contribution in [-0.4, -0.2) is 16.1 Å². The molecule has 0 saturated heterocycles. The molecule has 1 unspecified atom stereocenters. The van der Waals surface area contributed by atoms with Crippen LogP contribution in [-0.2, 0) is 4.79 Å². The maximum absolute atomic E-state index is 10.4. The van der Waals surface area contributed by atoms with Gasteiger partial charge in [-0.15, -0.1) is 0 Å². The molecule has 1 rings (SSSR count). The summed E-state index contributed by atoms with van der Waals surface area (Å²) in [6.45, 7) is 3.26. The lowest BCUT2D eigenvalue weighted by atomic mass is 10.2. The monoisotopic (exact) mass is 155 g/mol. The molecular formula is C7H9NO3. The number of aliphatic carboxylic acids is 1. The van der Waals surface area contributed by atoms with E-state index in [0.29, 0.717) is 5.76 Å². The summed E-state index contributed by atoms with van der Waals surface area (Å²) in [5.74, 6) is -0.696. The van der Waals surface area contributed by atoms with Crippen LogP contribution in [0.15, 0.2) is 10.6 Å². The minimum atomic E-state index is -0.924. The third-order valence-electron chi connectivity index (χ3n) is 1.38. The van der Waals surface area contributed by atoms with Gasteiger partial charge in [0.2, 0.25) is 5.89 Å². The van der Waals surface area contributed by atoms with Crippen molar-refractivity contribution in [3.05, 3.63) is 17.8 Å². The van der Waals surface area contributed by atoms with Crippen molar-refractivity contribution in [1.82, 2.24) is 4.98 Å². The minimum absolute atomic E-state index is 0.259. The number of rotatable bonds is 2. The molecule has 60 valence electrons. The molecule has 0 aliphatic rings. The number of hydrogen-bond donors (Lipinski definition) is 1. The van der Waals surface area contributed by atoms with E-state index < -0.39 is 11.9 Å². The van der Waals surface area contributed by atoms with Gasteiger partial charge in [-0.1, -0.05) is 0 Å². The first kappa shape index (κ1) is 7.78. The van der Waals surface area contributed by atoms with Crippen molar-refractivity contribution in [1.29, 1.82) is 0 Å². The Balaban J connectivity index is 2.84. The summed E-state index contributed by atoms with van der Waals surface area (Å²) in [7, 11) is 0. The Morgan fingerprint density at radius 2 is 2.45 bits per heavy atom. The average molecular weight is 155 g/mol. The lowest BCUT2D eigenvalue weighted by Crippen LogP contribution is -2.07. The van der Waals surface area contributed by atoms with Gasteiger partial charge in [0, 0.05) is 0 Å². The van der Waals surface area contributed by atoms with Crippen LogP contribution in [0, 0.1) is 6.92 Å². The lowest BCUT2D eigenvalue weighted by molar-refractivity contribution is -0.138. The van der Waals surface area contributed by atoms with Gasteiger partial charge in [-0.25, -0.2) is 4.98 Å². The summed E-state index contributed by atoms with van der Waals surface area (Å²) in [6.07, 6.45) is 1.51. The molecule has 0 fully saturated rings. The smallest absolute Gasteiger partial charge is 0.315 e. The molecule has 1 aromatic rings. The van der Waals surface area contributed by atoms with E-state index in [1.54, 1.807) is 6.92 Å². The first-order chi connectivity index (χ1) is 5.11. The molecular weight excluding hydrogens is 146 g/mol. The molecule has 1 atom stereocenters. The third kappa shape index (κ3) is 1.58. The van der Waals surface area contributed by atoms with Gasteiger partial charge in [0.25, 0.3) is 0 Å². The number of hydrogen-bond acceptors (Lipinski definition) is 3. The Labute approximate surface area is 63.9 Å². The van der Waals surface area contributed by atoms with Gasteiger partial charge in [0.05, 0.1) is 6.20 Å². The molecule has 4 heteroatoms. The molecule has 0 aliphatic heterocycles. The number of oxazole rings is 1. The zero-order chi connectivity index (χ0) is 8.43. The highest BCUT2D eigenvalue weighted by molar-refractivity contribution is 5.73. The van der Waals surface area contributed by atoms with Crippen molar-refractivity contribution in [2.24, 2.45) is 0 Å². The molecule has 0 aliphatic carbocycles. The van der Waals surface area contributed by atoms with E-state index in [4.69, 9.17) is 9.52 Å². The topological polar surface area (TPSA) is 63.3 Å². The molecule has 11 heavy (non-hydrogen) atoms. The highest BCUT2D eigenvalue weighted by Gasteiger charge is 2.18. The van der Waals surface area contributed by atoms with Crippen LogP contribution in [0.5, 0.6) is 0 Å². The van der Waals surface area contributed by atoms with E-state index in [1.807, 2.05) is 0 Å². The second kappa shape index (κ2) is 2.74. The second-order valence-electron chi connectivity index (χ2n) is 2.37. The SMILES string of the molecule is Cc1cnc(C(C)C(=O)O)o1. The second-order valence-corrected chi connectivity index (χ2v) is 2.37. The molecule has 0 saturated carbocycles. The Bertz CT molecular complexity index is 266. The van der Waals surface area contributed by atoms with Crippen LogP contribution in [0.1, 0.15) is 24.5 Å².